The summed E-state index contributed by atoms with van der Waals surface area (Å²) in [5, 5.41) is 0. The highest BCUT2D eigenvalue weighted by molar-refractivity contribution is 5.74. The van der Waals surface area contributed by atoms with E-state index in [1.807, 2.05) is 18.2 Å². The van der Waals surface area contributed by atoms with E-state index in [9.17, 15) is 4.79 Å². The molecule has 1 unspecified atom stereocenters. The first-order chi connectivity index (χ1) is 6.24. The normalized spacial score (nSPS) is 11.8. The second kappa shape index (κ2) is 4.50. The number of carbonyl (C=O) groups is 1. The number of carbonyl (C=O) groups excluding carboxylic acids is 1. The third-order valence-electron chi connectivity index (χ3n) is 1.59. The first-order valence-corrected chi connectivity index (χ1v) is 4.03. The molecule has 0 aliphatic carbocycles. The maximum atomic E-state index is 11.0. The van der Waals surface area contributed by atoms with E-state index in [1.165, 1.54) is 7.11 Å². The predicted molar refractivity (Wildman–Crippen MR) is 48.5 cm³/mol. The molecule has 0 N–H and O–H groups in total. The van der Waals surface area contributed by atoms with Crippen molar-refractivity contribution in [3.05, 3.63) is 30.3 Å². The van der Waals surface area contributed by atoms with Gasteiger partial charge in [-0.05, 0) is 19.1 Å². The number of para-hydroxylation sites is 1. The van der Waals surface area contributed by atoms with E-state index in [0.717, 1.165) is 0 Å². The van der Waals surface area contributed by atoms with Gasteiger partial charge in [0.15, 0.2) is 6.10 Å². The van der Waals surface area contributed by atoms with E-state index in [0.29, 0.717) is 5.75 Å². The number of hydrogen-bond acceptors (Lipinski definition) is 3. The Hall–Kier alpha value is -1.51. The van der Waals surface area contributed by atoms with Gasteiger partial charge in [-0.2, -0.15) is 0 Å². The van der Waals surface area contributed by atoms with Crippen LogP contribution in [-0.2, 0) is 9.53 Å². The highest BCUT2D eigenvalue weighted by Crippen LogP contribution is 2.10. The lowest BCUT2D eigenvalue weighted by Crippen LogP contribution is -2.24. The molecule has 3 heteroatoms. The Balaban J connectivity index is 2.55. The van der Waals surface area contributed by atoms with E-state index in [2.05, 4.69) is 4.74 Å². The van der Waals surface area contributed by atoms with E-state index in [1.54, 1.807) is 19.1 Å². The molecule has 0 fully saturated rings. The maximum absolute atomic E-state index is 11.0. The first-order valence-electron chi connectivity index (χ1n) is 4.03. The van der Waals surface area contributed by atoms with Gasteiger partial charge in [-0.15, -0.1) is 0 Å². The second-order valence-corrected chi connectivity index (χ2v) is 2.60. The van der Waals surface area contributed by atoms with Crippen LogP contribution in [0.15, 0.2) is 30.3 Å². The summed E-state index contributed by atoms with van der Waals surface area (Å²) >= 11 is 0. The fraction of sp³-hybridized carbons (Fsp3) is 0.300. The minimum absolute atomic E-state index is 0.371. The number of hydrogen-bond donors (Lipinski definition) is 0. The molecule has 3 nitrogen and oxygen atoms in total. The van der Waals surface area contributed by atoms with E-state index in [4.69, 9.17) is 4.74 Å². The molecule has 1 rings (SSSR count). The summed E-state index contributed by atoms with van der Waals surface area (Å²) in [6.45, 7) is 1.65. The van der Waals surface area contributed by atoms with Crippen LogP contribution in [0.2, 0.25) is 0 Å². The van der Waals surface area contributed by atoms with Gasteiger partial charge in [0.2, 0.25) is 0 Å². The maximum Gasteiger partial charge on any atom is 0.346 e. The lowest BCUT2D eigenvalue weighted by molar-refractivity contribution is -0.147. The average Bonchev–Trinajstić information content (AvgIpc) is 2.18. The van der Waals surface area contributed by atoms with Crippen LogP contribution in [0.1, 0.15) is 6.92 Å². The molecule has 0 bridgehead atoms. The molecule has 70 valence electrons. The topological polar surface area (TPSA) is 35.5 Å². The monoisotopic (exact) mass is 180 g/mol. The van der Waals surface area contributed by atoms with Gasteiger partial charge in [0.05, 0.1) is 7.11 Å². The van der Waals surface area contributed by atoms with Crippen LogP contribution in [0.4, 0.5) is 0 Å². The number of methoxy groups -OCH3 is 1. The van der Waals surface area contributed by atoms with E-state index in [-0.39, 0.29) is 5.97 Å². The van der Waals surface area contributed by atoms with Crippen molar-refractivity contribution in [1.82, 2.24) is 0 Å². The summed E-state index contributed by atoms with van der Waals surface area (Å²) in [5.74, 6) is 0.296. The minimum atomic E-state index is -0.563. The van der Waals surface area contributed by atoms with Gasteiger partial charge in [-0.1, -0.05) is 18.2 Å². The largest absolute Gasteiger partial charge is 0.479 e. The Morgan fingerprint density at radius 1 is 1.31 bits per heavy atom. The van der Waals surface area contributed by atoms with Crippen LogP contribution < -0.4 is 4.74 Å². The summed E-state index contributed by atoms with van der Waals surface area (Å²) in [4.78, 5) is 11.0. The Morgan fingerprint density at radius 2 is 1.92 bits per heavy atom. The Morgan fingerprint density at radius 3 is 2.46 bits per heavy atom. The molecule has 0 radical (unpaired) electrons. The molecule has 0 aliphatic rings. The number of esters is 1. The summed E-state index contributed by atoms with van der Waals surface area (Å²) in [7, 11) is 1.34. The molecule has 0 aliphatic heterocycles. The molecule has 0 saturated carbocycles. The van der Waals surface area contributed by atoms with Gasteiger partial charge in [0, 0.05) is 0 Å². The van der Waals surface area contributed by atoms with Crippen molar-refractivity contribution < 1.29 is 14.3 Å². The average molecular weight is 180 g/mol. The molecule has 1 aromatic carbocycles. The number of benzene rings is 1. The molecular weight excluding hydrogens is 168 g/mol. The van der Waals surface area contributed by atoms with Crippen molar-refractivity contribution >= 4 is 5.97 Å². The lowest BCUT2D eigenvalue weighted by atomic mass is 10.3. The van der Waals surface area contributed by atoms with Gasteiger partial charge in [0.1, 0.15) is 5.75 Å². The van der Waals surface area contributed by atoms with Crippen molar-refractivity contribution in [1.29, 1.82) is 0 Å². The van der Waals surface area contributed by atoms with Crippen molar-refractivity contribution in [3.8, 4) is 5.75 Å². The van der Waals surface area contributed by atoms with Crippen LogP contribution in [0.5, 0.6) is 5.75 Å². The molecule has 0 spiro atoms. The Kier molecular flexibility index (Phi) is 3.31. The molecule has 1 aromatic rings. The molecule has 1 atom stereocenters. The zero-order valence-electron chi connectivity index (χ0n) is 7.69. The highest BCUT2D eigenvalue weighted by atomic mass is 16.6. The van der Waals surface area contributed by atoms with Crippen LogP contribution in [-0.4, -0.2) is 19.2 Å². The SMILES string of the molecule is COC(=O)C(C)Oc1ccccc1. The third-order valence-corrected chi connectivity index (χ3v) is 1.59. The summed E-state index contributed by atoms with van der Waals surface area (Å²) in [6.07, 6.45) is -0.563. The highest BCUT2D eigenvalue weighted by Gasteiger charge is 2.13. The van der Waals surface area contributed by atoms with Gasteiger partial charge in [-0.3, -0.25) is 0 Å². The van der Waals surface area contributed by atoms with Gasteiger partial charge in [-0.25, -0.2) is 4.79 Å². The summed E-state index contributed by atoms with van der Waals surface area (Å²) in [6, 6.07) is 9.16. The first kappa shape index (κ1) is 9.58. The molecule has 0 heterocycles. The van der Waals surface area contributed by atoms with Crippen LogP contribution >= 0.6 is 0 Å². The number of ether oxygens (including phenoxy) is 2. The van der Waals surface area contributed by atoms with Gasteiger partial charge in [0.25, 0.3) is 0 Å². The predicted octanol–water partition coefficient (Wildman–Crippen LogP) is 1.63. The summed E-state index contributed by atoms with van der Waals surface area (Å²) < 4.78 is 9.81. The summed E-state index contributed by atoms with van der Waals surface area (Å²) in [5.41, 5.74) is 0. The standard InChI is InChI=1S/C10H12O3/c1-8(10(11)12-2)13-9-6-4-3-5-7-9/h3-8H,1-2H3. The molecule has 0 saturated heterocycles. The quantitative estimate of drug-likeness (QED) is 0.663. The van der Waals surface area contributed by atoms with Crippen molar-refractivity contribution in [2.45, 2.75) is 13.0 Å². The van der Waals surface area contributed by atoms with E-state index >= 15 is 0 Å². The molecule has 0 aromatic heterocycles. The third kappa shape index (κ3) is 2.78. The van der Waals surface area contributed by atoms with Crippen LogP contribution in [0.25, 0.3) is 0 Å². The number of rotatable bonds is 3. The zero-order chi connectivity index (χ0) is 9.68. The molecule has 0 amide bonds. The van der Waals surface area contributed by atoms with Gasteiger partial charge >= 0.3 is 5.97 Å². The fourth-order valence-electron chi connectivity index (χ4n) is 0.917. The molecule has 13 heavy (non-hydrogen) atoms. The van der Waals surface area contributed by atoms with E-state index < -0.39 is 6.10 Å². The Bertz CT molecular complexity index is 269. The van der Waals surface area contributed by atoms with Gasteiger partial charge < -0.3 is 9.47 Å². The van der Waals surface area contributed by atoms with Crippen LogP contribution in [0.3, 0.4) is 0 Å². The van der Waals surface area contributed by atoms with Crippen LogP contribution in [0, 0.1) is 0 Å². The smallest absolute Gasteiger partial charge is 0.346 e. The van der Waals surface area contributed by atoms with Crippen molar-refractivity contribution in [3.63, 3.8) is 0 Å². The lowest BCUT2D eigenvalue weighted by Gasteiger charge is -2.11. The minimum Gasteiger partial charge on any atom is -0.479 e. The van der Waals surface area contributed by atoms with Crippen molar-refractivity contribution in [2.75, 3.05) is 7.11 Å². The fourth-order valence-corrected chi connectivity index (χ4v) is 0.917. The second-order valence-electron chi connectivity index (χ2n) is 2.60. The molecular formula is C10H12O3. The van der Waals surface area contributed by atoms with Crippen molar-refractivity contribution in [2.24, 2.45) is 0 Å². The zero-order valence-corrected chi connectivity index (χ0v) is 7.69. The Labute approximate surface area is 77.3 Å².